The van der Waals surface area contributed by atoms with Gasteiger partial charge in [0.2, 0.25) is 0 Å². The van der Waals surface area contributed by atoms with Crippen molar-refractivity contribution in [2.75, 3.05) is 18.9 Å². The van der Waals surface area contributed by atoms with Crippen LogP contribution >= 0.6 is 27.7 Å². The minimum Gasteiger partial charge on any atom is -0.377 e. The van der Waals surface area contributed by atoms with Gasteiger partial charge in [-0.05, 0) is 49.1 Å². The molecule has 0 aliphatic carbocycles. The van der Waals surface area contributed by atoms with Crippen molar-refractivity contribution in [3.63, 3.8) is 0 Å². The van der Waals surface area contributed by atoms with Gasteiger partial charge in [0.1, 0.15) is 0 Å². The summed E-state index contributed by atoms with van der Waals surface area (Å²) in [7, 11) is 0. The molecule has 1 aromatic carbocycles. The second kappa shape index (κ2) is 8.42. The number of benzene rings is 1. The Balaban J connectivity index is 1.91. The third-order valence-electron chi connectivity index (χ3n) is 3.34. The zero-order valence-corrected chi connectivity index (χ0v) is 14.7. The summed E-state index contributed by atoms with van der Waals surface area (Å²) in [6.45, 7) is 7.41. The van der Waals surface area contributed by atoms with Gasteiger partial charge in [-0.3, -0.25) is 0 Å². The Kier molecular flexibility index (Phi) is 6.88. The highest BCUT2D eigenvalue weighted by atomic mass is 79.9. The smallest absolute Gasteiger partial charge is 0.0669 e. The number of hydrogen-bond donors (Lipinski definition) is 1. The first-order valence-corrected chi connectivity index (χ1v) is 9.16. The Morgan fingerprint density at radius 3 is 3.00 bits per heavy atom. The minimum atomic E-state index is 0.445. The van der Waals surface area contributed by atoms with Gasteiger partial charge in [-0.2, -0.15) is 0 Å². The molecular formula is C16H24BrNOS. The van der Waals surface area contributed by atoms with E-state index in [9.17, 15) is 0 Å². The first kappa shape index (κ1) is 16.3. The molecule has 0 aromatic heterocycles. The largest absolute Gasteiger partial charge is 0.377 e. The van der Waals surface area contributed by atoms with Gasteiger partial charge in [0.05, 0.1) is 6.10 Å². The van der Waals surface area contributed by atoms with Crippen molar-refractivity contribution in [1.82, 2.24) is 5.32 Å². The molecule has 2 rings (SSSR count). The van der Waals surface area contributed by atoms with Gasteiger partial charge in [0.15, 0.2) is 0 Å². The molecule has 0 amide bonds. The van der Waals surface area contributed by atoms with Gasteiger partial charge in [-0.1, -0.05) is 29.8 Å². The molecule has 112 valence electrons. The number of hydrogen-bond acceptors (Lipinski definition) is 3. The van der Waals surface area contributed by atoms with Crippen LogP contribution in [0.25, 0.3) is 0 Å². The molecule has 1 aliphatic rings. The maximum atomic E-state index is 5.71. The van der Waals surface area contributed by atoms with E-state index in [1.54, 1.807) is 0 Å². The molecule has 1 aliphatic heterocycles. The summed E-state index contributed by atoms with van der Waals surface area (Å²) in [5, 5.41) is 3.53. The van der Waals surface area contributed by atoms with E-state index in [0.29, 0.717) is 12.0 Å². The van der Waals surface area contributed by atoms with E-state index in [-0.39, 0.29) is 0 Å². The van der Waals surface area contributed by atoms with Crippen molar-refractivity contribution in [2.24, 2.45) is 5.92 Å². The summed E-state index contributed by atoms with van der Waals surface area (Å²) >= 11 is 5.50. The molecule has 0 radical (unpaired) electrons. The van der Waals surface area contributed by atoms with E-state index < -0.39 is 0 Å². The summed E-state index contributed by atoms with van der Waals surface area (Å²) in [6.07, 6.45) is 2.87. The zero-order valence-electron chi connectivity index (χ0n) is 12.3. The first-order valence-electron chi connectivity index (χ1n) is 7.38. The van der Waals surface area contributed by atoms with Crippen molar-refractivity contribution in [3.05, 3.63) is 28.2 Å². The highest BCUT2D eigenvalue weighted by Gasteiger charge is 2.16. The summed E-state index contributed by atoms with van der Waals surface area (Å²) in [4.78, 5) is 1.37. The maximum absolute atomic E-state index is 5.71. The highest BCUT2D eigenvalue weighted by Crippen LogP contribution is 2.28. The predicted octanol–water partition coefficient (Wildman–Crippen LogP) is 4.47. The molecule has 4 heteroatoms. The Labute approximate surface area is 135 Å². The molecule has 1 unspecified atom stereocenters. The summed E-state index contributed by atoms with van der Waals surface area (Å²) in [5.41, 5.74) is 1.38. The van der Waals surface area contributed by atoms with Crippen LogP contribution in [0, 0.1) is 5.92 Å². The van der Waals surface area contributed by atoms with Gasteiger partial charge in [-0.15, -0.1) is 11.8 Å². The van der Waals surface area contributed by atoms with Crippen LogP contribution < -0.4 is 5.32 Å². The maximum Gasteiger partial charge on any atom is 0.0669 e. The molecule has 0 spiro atoms. The standard InChI is InChI=1S/C16H24BrNOS/c1-12(2)9-18-10-13-8-14(17)5-6-16(13)20-11-15-4-3-7-19-15/h5-6,8,12,15,18H,3-4,7,9-11H2,1-2H3. The third-order valence-corrected chi connectivity index (χ3v) is 5.08. The topological polar surface area (TPSA) is 21.3 Å². The van der Waals surface area contributed by atoms with Crippen LogP contribution in [0.5, 0.6) is 0 Å². The molecule has 1 saturated heterocycles. The van der Waals surface area contributed by atoms with E-state index >= 15 is 0 Å². The third kappa shape index (κ3) is 5.40. The molecule has 1 aromatic rings. The molecule has 1 fully saturated rings. The average molecular weight is 358 g/mol. The molecule has 1 heterocycles. The van der Waals surface area contributed by atoms with Crippen LogP contribution in [0.2, 0.25) is 0 Å². The number of thioether (sulfide) groups is 1. The first-order chi connectivity index (χ1) is 9.65. The average Bonchev–Trinajstić information content (AvgIpc) is 2.90. The molecular weight excluding hydrogens is 334 g/mol. The van der Waals surface area contributed by atoms with Gasteiger partial charge in [0.25, 0.3) is 0 Å². The second-order valence-corrected chi connectivity index (χ2v) is 7.70. The number of rotatable bonds is 7. The van der Waals surface area contributed by atoms with Crippen molar-refractivity contribution in [1.29, 1.82) is 0 Å². The monoisotopic (exact) mass is 357 g/mol. The van der Waals surface area contributed by atoms with Crippen LogP contribution in [0.4, 0.5) is 0 Å². The van der Waals surface area contributed by atoms with Crippen molar-refractivity contribution in [2.45, 2.75) is 44.2 Å². The fraction of sp³-hybridized carbons (Fsp3) is 0.625. The van der Waals surface area contributed by atoms with Crippen LogP contribution in [0.1, 0.15) is 32.3 Å². The lowest BCUT2D eigenvalue weighted by Crippen LogP contribution is -2.19. The van der Waals surface area contributed by atoms with Crippen molar-refractivity contribution >= 4 is 27.7 Å². The van der Waals surface area contributed by atoms with E-state index in [1.165, 1.54) is 23.3 Å². The molecule has 0 saturated carbocycles. The Bertz CT molecular complexity index is 419. The zero-order chi connectivity index (χ0) is 14.4. The van der Waals surface area contributed by atoms with Crippen LogP contribution in [0.3, 0.4) is 0 Å². The lowest BCUT2D eigenvalue weighted by Gasteiger charge is -2.14. The van der Waals surface area contributed by atoms with Crippen molar-refractivity contribution in [3.8, 4) is 0 Å². The van der Waals surface area contributed by atoms with Gasteiger partial charge < -0.3 is 10.1 Å². The van der Waals surface area contributed by atoms with Crippen LogP contribution in [-0.2, 0) is 11.3 Å². The van der Waals surface area contributed by atoms with Crippen molar-refractivity contribution < 1.29 is 4.74 Å². The molecule has 2 nitrogen and oxygen atoms in total. The van der Waals surface area contributed by atoms with E-state index in [2.05, 4.69) is 53.3 Å². The molecule has 20 heavy (non-hydrogen) atoms. The van der Waals surface area contributed by atoms with E-state index in [0.717, 1.165) is 29.9 Å². The molecule has 1 N–H and O–H groups in total. The number of halogens is 1. The summed E-state index contributed by atoms with van der Waals surface area (Å²) in [5.74, 6) is 1.75. The summed E-state index contributed by atoms with van der Waals surface area (Å²) < 4.78 is 6.86. The molecule has 1 atom stereocenters. The van der Waals surface area contributed by atoms with Crippen LogP contribution in [-0.4, -0.2) is 25.0 Å². The minimum absolute atomic E-state index is 0.445. The second-order valence-electron chi connectivity index (χ2n) is 5.72. The lowest BCUT2D eigenvalue weighted by atomic mass is 10.2. The Morgan fingerprint density at radius 2 is 2.30 bits per heavy atom. The van der Waals surface area contributed by atoms with Gasteiger partial charge in [-0.25, -0.2) is 0 Å². The number of ether oxygens (including phenoxy) is 1. The normalized spacial score (nSPS) is 18.9. The Morgan fingerprint density at radius 1 is 1.45 bits per heavy atom. The van der Waals surface area contributed by atoms with Gasteiger partial charge in [0, 0.05) is 28.3 Å². The van der Waals surface area contributed by atoms with E-state index in [4.69, 9.17) is 4.74 Å². The number of nitrogens with one attached hydrogen (secondary N) is 1. The Hall–Kier alpha value is -0.0300. The van der Waals surface area contributed by atoms with Gasteiger partial charge >= 0.3 is 0 Å². The fourth-order valence-electron chi connectivity index (χ4n) is 2.28. The molecule has 0 bridgehead atoms. The fourth-order valence-corrected chi connectivity index (χ4v) is 3.80. The SMILES string of the molecule is CC(C)CNCc1cc(Br)ccc1SCC1CCCO1. The summed E-state index contributed by atoms with van der Waals surface area (Å²) in [6, 6.07) is 6.57. The van der Waals surface area contributed by atoms with Crippen LogP contribution in [0.15, 0.2) is 27.6 Å². The highest BCUT2D eigenvalue weighted by molar-refractivity contribution is 9.10. The van der Waals surface area contributed by atoms with E-state index in [1.807, 2.05) is 11.8 Å². The lowest BCUT2D eigenvalue weighted by molar-refractivity contribution is 0.129. The predicted molar refractivity (Wildman–Crippen MR) is 90.4 cm³/mol. The quantitative estimate of drug-likeness (QED) is 0.727.